The Labute approximate surface area is 57.1 Å². The maximum Gasteiger partial charge on any atom is -0.00676 e. The van der Waals surface area contributed by atoms with Crippen LogP contribution in [-0.4, -0.2) is 11.5 Å². The summed E-state index contributed by atoms with van der Waals surface area (Å²) < 4.78 is 0. The summed E-state index contributed by atoms with van der Waals surface area (Å²) in [6, 6.07) is 0. The Hall–Kier alpha value is 0.350. The second kappa shape index (κ2) is 7.35. The van der Waals surface area contributed by atoms with E-state index in [0.29, 0.717) is 0 Å². The van der Waals surface area contributed by atoms with Crippen LogP contribution < -0.4 is 0 Å². The van der Waals surface area contributed by atoms with Crippen molar-refractivity contribution in [2.75, 3.05) is 11.5 Å². The van der Waals surface area contributed by atoms with Crippen molar-refractivity contribution in [2.24, 2.45) is 0 Å². The quantitative estimate of drug-likeness (QED) is 0.518. The Balaban J connectivity index is 2.53. The summed E-state index contributed by atoms with van der Waals surface area (Å²) in [6.45, 7) is 4.47. The van der Waals surface area contributed by atoms with E-state index in [2.05, 4.69) is 13.8 Å². The van der Waals surface area contributed by atoms with Gasteiger partial charge in [0.05, 0.1) is 0 Å². The molecule has 0 saturated carbocycles. The van der Waals surface area contributed by atoms with Gasteiger partial charge in [-0.05, 0) is 17.9 Å². The van der Waals surface area contributed by atoms with E-state index in [1.807, 2.05) is 11.8 Å². The second-order valence-electron chi connectivity index (χ2n) is 1.90. The molecule has 0 heterocycles. The van der Waals surface area contributed by atoms with Gasteiger partial charge in [0, 0.05) is 0 Å². The smallest absolute Gasteiger partial charge is 0.00676 e. The van der Waals surface area contributed by atoms with Gasteiger partial charge in [0.1, 0.15) is 0 Å². The third-order valence-corrected chi connectivity index (χ3v) is 2.08. The Morgan fingerprint density at radius 2 is 1.88 bits per heavy atom. The van der Waals surface area contributed by atoms with Crippen molar-refractivity contribution in [3.8, 4) is 0 Å². The molecule has 0 aliphatic rings. The Morgan fingerprint density at radius 1 is 1.12 bits per heavy atom. The highest BCUT2D eigenvalue weighted by Gasteiger charge is 1.83. The molecule has 0 fully saturated rings. The predicted molar refractivity (Wildman–Crippen MR) is 42.5 cm³/mol. The molecule has 0 aliphatic heterocycles. The largest absolute Gasteiger partial charge is 0.162 e. The minimum absolute atomic E-state index is 1.28. The van der Waals surface area contributed by atoms with Crippen LogP contribution >= 0.6 is 11.8 Å². The molecule has 0 aromatic carbocycles. The highest BCUT2D eigenvalue weighted by molar-refractivity contribution is 7.99. The molecule has 0 aliphatic carbocycles. The fraction of sp³-hybridized carbons (Fsp3) is 1.00. The molecule has 1 heteroatoms. The van der Waals surface area contributed by atoms with Crippen molar-refractivity contribution >= 4 is 11.8 Å². The number of hydrogen-bond donors (Lipinski definition) is 0. The van der Waals surface area contributed by atoms with Crippen molar-refractivity contribution in [2.45, 2.75) is 33.1 Å². The summed E-state index contributed by atoms with van der Waals surface area (Å²) >= 11 is 2.05. The monoisotopic (exact) mass is 132 g/mol. The summed E-state index contributed by atoms with van der Waals surface area (Å²) in [7, 11) is 0. The van der Waals surface area contributed by atoms with Crippen LogP contribution in [0.15, 0.2) is 0 Å². The Bertz CT molecular complexity index is 29.4. The molecular weight excluding hydrogens is 116 g/mol. The summed E-state index contributed by atoms with van der Waals surface area (Å²) in [5, 5.41) is 0. The van der Waals surface area contributed by atoms with Gasteiger partial charge < -0.3 is 0 Å². The van der Waals surface area contributed by atoms with E-state index < -0.39 is 0 Å². The third kappa shape index (κ3) is 6.35. The zero-order valence-corrected chi connectivity index (χ0v) is 6.76. The standard InChI is InChI=1S/C7H16S/c1-3-5-6-7-8-4-2/h3-7H2,1-2H3. The average Bonchev–Trinajstić information content (AvgIpc) is 1.81. The topological polar surface area (TPSA) is 0 Å². The zero-order chi connectivity index (χ0) is 6.24. The van der Waals surface area contributed by atoms with Gasteiger partial charge in [0.25, 0.3) is 0 Å². The average molecular weight is 132 g/mol. The van der Waals surface area contributed by atoms with Crippen molar-refractivity contribution in [1.29, 1.82) is 0 Å². The van der Waals surface area contributed by atoms with E-state index in [9.17, 15) is 0 Å². The first-order chi connectivity index (χ1) is 3.91. The van der Waals surface area contributed by atoms with Gasteiger partial charge >= 0.3 is 0 Å². The molecule has 0 aromatic rings. The van der Waals surface area contributed by atoms with Gasteiger partial charge in [-0.15, -0.1) is 0 Å². The highest BCUT2D eigenvalue weighted by atomic mass is 32.2. The van der Waals surface area contributed by atoms with E-state index in [1.165, 1.54) is 30.8 Å². The number of hydrogen-bond acceptors (Lipinski definition) is 1. The fourth-order valence-corrected chi connectivity index (χ4v) is 1.30. The molecule has 0 aromatic heterocycles. The zero-order valence-electron chi connectivity index (χ0n) is 5.94. The lowest BCUT2D eigenvalue weighted by Gasteiger charge is -1.94. The molecule has 0 unspecified atom stereocenters. The third-order valence-electron chi connectivity index (χ3n) is 1.10. The molecule has 0 saturated heterocycles. The van der Waals surface area contributed by atoms with E-state index >= 15 is 0 Å². The van der Waals surface area contributed by atoms with E-state index in [-0.39, 0.29) is 0 Å². The summed E-state index contributed by atoms with van der Waals surface area (Å²) in [4.78, 5) is 0. The number of unbranched alkanes of at least 4 members (excludes halogenated alkanes) is 2. The minimum Gasteiger partial charge on any atom is -0.162 e. The molecule has 0 nitrogen and oxygen atoms in total. The van der Waals surface area contributed by atoms with Gasteiger partial charge in [-0.2, -0.15) is 11.8 Å². The lowest BCUT2D eigenvalue weighted by atomic mass is 10.3. The van der Waals surface area contributed by atoms with E-state index in [0.717, 1.165) is 0 Å². The van der Waals surface area contributed by atoms with Crippen LogP contribution in [0.5, 0.6) is 0 Å². The molecule has 0 atom stereocenters. The van der Waals surface area contributed by atoms with Crippen molar-refractivity contribution in [3.05, 3.63) is 0 Å². The minimum atomic E-state index is 1.28. The fourth-order valence-electron chi connectivity index (χ4n) is 0.598. The van der Waals surface area contributed by atoms with Crippen molar-refractivity contribution < 1.29 is 0 Å². The predicted octanol–water partition coefficient (Wildman–Crippen LogP) is 2.93. The molecule has 50 valence electrons. The number of rotatable bonds is 5. The lowest BCUT2D eigenvalue weighted by Crippen LogP contribution is -1.78. The molecule has 8 heavy (non-hydrogen) atoms. The first-order valence-corrected chi connectivity index (χ1v) is 4.65. The summed E-state index contributed by atoms with van der Waals surface area (Å²) in [6.07, 6.45) is 4.17. The van der Waals surface area contributed by atoms with Crippen LogP contribution in [0.3, 0.4) is 0 Å². The molecule has 0 rings (SSSR count). The van der Waals surface area contributed by atoms with Crippen LogP contribution in [0.4, 0.5) is 0 Å². The Morgan fingerprint density at radius 3 is 2.38 bits per heavy atom. The van der Waals surface area contributed by atoms with Crippen LogP contribution in [-0.2, 0) is 0 Å². The van der Waals surface area contributed by atoms with Crippen LogP contribution in [0.2, 0.25) is 0 Å². The maximum atomic E-state index is 2.25. The van der Waals surface area contributed by atoms with Gasteiger partial charge in [0.15, 0.2) is 0 Å². The SMILES string of the molecule is CCCCCSCC. The highest BCUT2D eigenvalue weighted by Crippen LogP contribution is 2.04. The van der Waals surface area contributed by atoms with Crippen molar-refractivity contribution in [3.63, 3.8) is 0 Å². The normalized spacial score (nSPS) is 9.75. The lowest BCUT2D eigenvalue weighted by molar-refractivity contribution is 0.779. The molecule has 0 amide bonds. The van der Waals surface area contributed by atoms with E-state index in [1.54, 1.807) is 0 Å². The molecule has 0 bridgehead atoms. The van der Waals surface area contributed by atoms with E-state index in [4.69, 9.17) is 0 Å². The van der Waals surface area contributed by atoms with Crippen LogP contribution in [0, 0.1) is 0 Å². The maximum absolute atomic E-state index is 2.25. The first-order valence-electron chi connectivity index (χ1n) is 3.49. The van der Waals surface area contributed by atoms with Crippen LogP contribution in [0.25, 0.3) is 0 Å². The first kappa shape index (κ1) is 8.35. The van der Waals surface area contributed by atoms with Gasteiger partial charge in [-0.1, -0.05) is 26.7 Å². The molecule has 0 radical (unpaired) electrons. The van der Waals surface area contributed by atoms with Gasteiger partial charge in [-0.25, -0.2) is 0 Å². The molecule has 0 N–H and O–H groups in total. The van der Waals surface area contributed by atoms with Crippen molar-refractivity contribution in [1.82, 2.24) is 0 Å². The second-order valence-corrected chi connectivity index (χ2v) is 3.30. The molecule has 0 spiro atoms. The van der Waals surface area contributed by atoms with Gasteiger partial charge in [-0.3, -0.25) is 0 Å². The Kier molecular flexibility index (Phi) is 7.67. The molecular formula is C7H16S. The summed E-state index contributed by atoms with van der Waals surface area (Å²) in [5.41, 5.74) is 0. The number of thioether (sulfide) groups is 1. The van der Waals surface area contributed by atoms with Crippen LogP contribution in [0.1, 0.15) is 33.1 Å². The van der Waals surface area contributed by atoms with Gasteiger partial charge in [0.2, 0.25) is 0 Å². The summed E-state index contributed by atoms with van der Waals surface area (Å²) in [5.74, 6) is 2.65.